The highest BCUT2D eigenvalue weighted by Crippen LogP contribution is 2.21. The predicted octanol–water partition coefficient (Wildman–Crippen LogP) is 4.40. The topological polar surface area (TPSA) is 54.2 Å². The van der Waals surface area contributed by atoms with E-state index in [1.54, 1.807) is 13.2 Å². The number of aliphatic imine (C=N–C) groups is 1. The van der Waals surface area contributed by atoms with Gasteiger partial charge in [0.05, 0.1) is 6.33 Å². The number of thioether (sulfide) groups is 1. The molecule has 0 fully saturated rings. The van der Waals surface area contributed by atoms with Crippen molar-refractivity contribution in [3.8, 4) is 0 Å². The molecular formula is C22H28IN5S. The van der Waals surface area contributed by atoms with Crippen LogP contribution in [0.25, 0.3) is 0 Å². The van der Waals surface area contributed by atoms with E-state index < -0.39 is 0 Å². The summed E-state index contributed by atoms with van der Waals surface area (Å²) in [6.45, 7) is 4.63. The Labute approximate surface area is 194 Å². The Kier molecular flexibility index (Phi) is 10.1. The van der Waals surface area contributed by atoms with Gasteiger partial charge in [-0.15, -0.1) is 35.7 Å². The van der Waals surface area contributed by atoms with E-state index in [0.29, 0.717) is 5.25 Å². The average molecular weight is 521 g/mol. The molecule has 0 aliphatic heterocycles. The van der Waals surface area contributed by atoms with Gasteiger partial charge in [0, 0.05) is 49.2 Å². The second-order valence-electron chi connectivity index (χ2n) is 6.60. The van der Waals surface area contributed by atoms with Crippen molar-refractivity contribution in [2.75, 3.05) is 13.6 Å². The molecule has 2 N–H and O–H groups in total. The van der Waals surface area contributed by atoms with Crippen LogP contribution in [0.2, 0.25) is 0 Å². The van der Waals surface area contributed by atoms with E-state index in [-0.39, 0.29) is 24.0 Å². The van der Waals surface area contributed by atoms with E-state index in [1.807, 2.05) is 30.4 Å². The third kappa shape index (κ3) is 8.10. The summed E-state index contributed by atoms with van der Waals surface area (Å²) < 4.78 is 2.07. The molecule has 0 aliphatic rings. The molecular weight excluding hydrogens is 493 g/mol. The zero-order chi connectivity index (χ0) is 19.6. The molecule has 0 aliphatic carbocycles. The van der Waals surface area contributed by atoms with E-state index in [4.69, 9.17) is 0 Å². The molecule has 7 heteroatoms. The predicted molar refractivity (Wildman–Crippen MR) is 133 cm³/mol. The van der Waals surface area contributed by atoms with E-state index >= 15 is 0 Å². The lowest BCUT2D eigenvalue weighted by molar-refractivity contribution is 0.781. The molecule has 0 bridgehead atoms. The van der Waals surface area contributed by atoms with Crippen LogP contribution in [0.4, 0.5) is 0 Å². The number of halogens is 1. The summed E-state index contributed by atoms with van der Waals surface area (Å²) in [6, 6.07) is 19.1. The van der Waals surface area contributed by atoms with Gasteiger partial charge in [-0.1, -0.05) is 49.4 Å². The van der Waals surface area contributed by atoms with Crippen LogP contribution in [-0.2, 0) is 13.1 Å². The lowest BCUT2D eigenvalue weighted by atomic mass is 10.1. The first-order valence-corrected chi connectivity index (χ1v) is 10.3. The van der Waals surface area contributed by atoms with Gasteiger partial charge in [-0.05, 0) is 23.3 Å². The molecule has 5 nitrogen and oxygen atoms in total. The number of nitrogens with one attached hydrogen (secondary N) is 2. The molecule has 3 aromatic rings. The number of benzene rings is 2. The van der Waals surface area contributed by atoms with Crippen LogP contribution in [0.15, 0.2) is 83.2 Å². The van der Waals surface area contributed by atoms with Gasteiger partial charge < -0.3 is 15.2 Å². The number of aromatic nitrogens is 2. The maximum Gasteiger partial charge on any atom is 0.191 e. The molecule has 1 heterocycles. The number of rotatable bonds is 8. The van der Waals surface area contributed by atoms with Crippen molar-refractivity contribution >= 4 is 41.7 Å². The second-order valence-corrected chi connectivity index (χ2v) is 8.12. The maximum absolute atomic E-state index is 4.34. The Morgan fingerprint density at radius 3 is 2.62 bits per heavy atom. The Hall–Kier alpha value is -2.00. The molecule has 2 aromatic carbocycles. The first-order chi connectivity index (χ1) is 13.7. The van der Waals surface area contributed by atoms with Gasteiger partial charge in [-0.2, -0.15) is 0 Å². The SMILES string of the molecule is CN=C(NCc1cccc(Cn2ccnc2)c1)NCC(C)Sc1ccccc1.I. The smallest absolute Gasteiger partial charge is 0.191 e. The minimum atomic E-state index is 0. The van der Waals surface area contributed by atoms with Crippen LogP contribution < -0.4 is 10.6 Å². The first-order valence-electron chi connectivity index (χ1n) is 9.42. The van der Waals surface area contributed by atoms with Crippen molar-refractivity contribution in [3.63, 3.8) is 0 Å². The quantitative estimate of drug-likeness (QED) is 0.200. The van der Waals surface area contributed by atoms with Gasteiger partial charge in [-0.25, -0.2) is 4.98 Å². The molecule has 29 heavy (non-hydrogen) atoms. The summed E-state index contributed by atoms with van der Waals surface area (Å²) in [6.07, 6.45) is 5.62. The Balaban J connectivity index is 0.00000300. The van der Waals surface area contributed by atoms with Crippen LogP contribution in [0.1, 0.15) is 18.1 Å². The fraction of sp³-hybridized carbons (Fsp3) is 0.273. The Morgan fingerprint density at radius 1 is 1.10 bits per heavy atom. The number of guanidine groups is 1. The van der Waals surface area contributed by atoms with Crippen LogP contribution >= 0.6 is 35.7 Å². The van der Waals surface area contributed by atoms with Crippen LogP contribution in [0.5, 0.6) is 0 Å². The number of hydrogen-bond donors (Lipinski definition) is 2. The first kappa shape index (κ1) is 23.3. The van der Waals surface area contributed by atoms with E-state index in [1.165, 1.54) is 16.0 Å². The molecule has 1 atom stereocenters. The summed E-state index contributed by atoms with van der Waals surface area (Å²) in [5.41, 5.74) is 2.49. The van der Waals surface area contributed by atoms with Gasteiger partial charge in [0.1, 0.15) is 0 Å². The van der Waals surface area contributed by atoms with Crippen molar-refractivity contribution < 1.29 is 0 Å². The summed E-state index contributed by atoms with van der Waals surface area (Å²) in [5.74, 6) is 0.820. The minimum Gasteiger partial charge on any atom is -0.355 e. The van der Waals surface area contributed by atoms with Crippen molar-refractivity contribution in [3.05, 3.63) is 84.4 Å². The van der Waals surface area contributed by atoms with Crippen LogP contribution in [0, 0.1) is 0 Å². The number of nitrogens with zero attached hydrogens (tertiary/aromatic N) is 3. The highest BCUT2D eigenvalue weighted by molar-refractivity contribution is 14.0. The molecule has 0 amide bonds. The fourth-order valence-electron chi connectivity index (χ4n) is 2.85. The summed E-state index contributed by atoms with van der Waals surface area (Å²) in [7, 11) is 1.81. The standard InChI is InChI=1S/C22H27N5S.HI/c1-18(28-21-9-4-3-5-10-21)14-25-22(23-2)26-15-19-7-6-8-20(13-19)16-27-12-11-24-17-27;/h3-13,17-18H,14-16H2,1-2H3,(H2,23,25,26);1H. The minimum absolute atomic E-state index is 0. The monoisotopic (exact) mass is 521 g/mol. The Bertz CT molecular complexity index is 868. The highest BCUT2D eigenvalue weighted by atomic mass is 127. The van der Waals surface area contributed by atoms with Gasteiger partial charge in [0.15, 0.2) is 5.96 Å². The van der Waals surface area contributed by atoms with Gasteiger partial charge in [0.25, 0.3) is 0 Å². The van der Waals surface area contributed by atoms with E-state index in [2.05, 4.69) is 80.6 Å². The van der Waals surface area contributed by atoms with E-state index in [0.717, 1.165) is 25.6 Å². The molecule has 3 rings (SSSR count). The molecule has 0 saturated carbocycles. The largest absolute Gasteiger partial charge is 0.355 e. The van der Waals surface area contributed by atoms with Gasteiger partial charge >= 0.3 is 0 Å². The van der Waals surface area contributed by atoms with Crippen LogP contribution in [0.3, 0.4) is 0 Å². The van der Waals surface area contributed by atoms with Crippen molar-refractivity contribution in [2.45, 2.75) is 30.2 Å². The van der Waals surface area contributed by atoms with Crippen molar-refractivity contribution in [2.24, 2.45) is 4.99 Å². The third-order valence-corrected chi connectivity index (χ3v) is 5.35. The zero-order valence-electron chi connectivity index (χ0n) is 16.8. The zero-order valence-corrected chi connectivity index (χ0v) is 19.9. The summed E-state index contributed by atoms with van der Waals surface area (Å²) in [4.78, 5) is 9.72. The molecule has 0 spiro atoms. The highest BCUT2D eigenvalue weighted by Gasteiger charge is 2.06. The lowest BCUT2D eigenvalue weighted by Gasteiger charge is -2.16. The molecule has 1 unspecified atom stereocenters. The van der Waals surface area contributed by atoms with Crippen molar-refractivity contribution in [1.82, 2.24) is 20.2 Å². The second kappa shape index (κ2) is 12.5. The third-order valence-electron chi connectivity index (χ3n) is 4.24. The maximum atomic E-state index is 4.34. The molecule has 1 aromatic heterocycles. The van der Waals surface area contributed by atoms with Crippen LogP contribution in [-0.4, -0.2) is 34.4 Å². The van der Waals surface area contributed by atoms with Gasteiger partial charge in [0.2, 0.25) is 0 Å². The normalized spacial score (nSPS) is 12.1. The molecule has 0 radical (unpaired) electrons. The fourth-order valence-corrected chi connectivity index (χ4v) is 3.79. The summed E-state index contributed by atoms with van der Waals surface area (Å²) in [5, 5.41) is 7.26. The molecule has 0 saturated heterocycles. The average Bonchev–Trinajstić information content (AvgIpc) is 3.22. The number of imidazole rings is 1. The molecule has 154 valence electrons. The van der Waals surface area contributed by atoms with E-state index in [9.17, 15) is 0 Å². The van der Waals surface area contributed by atoms with Crippen molar-refractivity contribution in [1.29, 1.82) is 0 Å². The Morgan fingerprint density at radius 2 is 1.90 bits per heavy atom. The lowest BCUT2D eigenvalue weighted by Crippen LogP contribution is -2.39. The summed E-state index contributed by atoms with van der Waals surface area (Å²) >= 11 is 1.86. The van der Waals surface area contributed by atoms with Gasteiger partial charge in [-0.3, -0.25) is 4.99 Å². The number of hydrogen-bond acceptors (Lipinski definition) is 3.